The summed E-state index contributed by atoms with van der Waals surface area (Å²) in [6, 6.07) is 11.9. The maximum absolute atomic E-state index is 12.0. The van der Waals surface area contributed by atoms with Crippen molar-refractivity contribution in [1.82, 2.24) is 10.3 Å². The van der Waals surface area contributed by atoms with Crippen LogP contribution in [0.1, 0.15) is 22.1 Å². The van der Waals surface area contributed by atoms with Crippen LogP contribution in [0.2, 0.25) is 5.15 Å². The number of hydrogen-bond donors (Lipinski definition) is 2. The number of benzene rings is 1. The third kappa shape index (κ3) is 3.33. The Kier molecular flexibility index (Phi) is 4.32. The lowest BCUT2D eigenvalue weighted by Gasteiger charge is -2.14. The molecule has 0 saturated carbocycles. The van der Waals surface area contributed by atoms with Gasteiger partial charge >= 0.3 is 5.97 Å². The lowest BCUT2D eigenvalue weighted by atomic mass is 10.1. The number of nitrogens with one attached hydrogen (secondary N) is 1. The fourth-order valence-corrected chi connectivity index (χ4v) is 1.84. The quantitative estimate of drug-likeness (QED) is 0.847. The Hall–Kier alpha value is -2.40. The molecule has 0 fully saturated rings. The van der Waals surface area contributed by atoms with Gasteiger partial charge in [-0.25, -0.2) is 9.78 Å². The zero-order valence-corrected chi connectivity index (χ0v) is 11.0. The van der Waals surface area contributed by atoms with Crippen molar-refractivity contribution in [2.75, 3.05) is 0 Å². The average molecular weight is 291 g/mol. The van der Waals surface area contributed by atoms with E-state index in [0.717, 1.165) is 0 Å². The van der Waals surface area contributed by atoms with Crippen molar-refractivity contribution < 1.29 is 14.7 Å². The van der Waals surface area contributed by atoms with Crippen molar-refractivity contribution in [1.29, 1.82) is 0 Å². The Bertz CT molecular complexity index is 631. The van der Waals surface area contributed by atoms with Gasteiger partial charge in [-0.15, -0.1) is 0 Å². The fraction of sp³-hybridized carbons (Fsp3) is 0.0714. The summed E-state index contributed by atoms with van der Waals surface area (Å²) in [4.78, 5) is 27.1. The number of carbonyl (C=O) groups is 2. The van der Waals surface area contributed by atoms with Gasteiger partial charge in [0.05, 0.1) is 0 Å². The molecule has 1 amide bonds. The van der Waals surface area contributed by atoms with E-state index in [9.17, 15) is 14.7 Å². The Morgan fingerprint density at radius 2 is 1.80 bits per heavy atom. The molecule has 0 aliphatic carbocycles. The highest BCUT2D eigenvalue weighted by atomic mass is 35.5. The van der Waals surface area contributed by atoms with Crippen LogP contribution >= 0.6 is 11.6 Å². The van der Waals surface area contributed by atoms with Crippen LogP contribution in [0.3, 0.4) is 0 Å². The van der Waals surface area contributed by atoms with Crippen molar-refractivity contribution in [3.63, 3.8) is 0 Å². The third-order valence-electron chi connectivity index (χ3n) is 2.60. The Balaban J connectivity index is 2.21. The average Bonchev–Trinajstić information content (AvgIpc) is 2.45. The number of carbonyl (C=O) groups excluding carboxylic acids is 1. The fourth-order valence-electron chi connectivity index (χ4n) is 1.67. The van der Waals surface area contributed by atoms with Gasteiger partial charge in [0.15, 0.2) is 6.04 Å². The van der Waals surface area contributed by atoms with E-state index in [1.165, 1.54) is 12.1 Å². The van der Waals surface area contributed by atoms with Gasteiger partial charge in [-0.3, -0.25) is 4.79 Å². The maximum atomic E-state index is 12.0. The molecule has 1 aromatic carbocycles. The van der Waals surface area contributed by atoms with E-state index in [4.69, 9.17) is 11.6 Å². The predicted molar refractivity (Wildman–Crippen MR) is 73.5 cm³/mol. The van der Waals surface area contributed by atoms with Crippen molar-refractivity contribution in [2.45, 2.75) is 6.04 Å². The van der Waals surface area contributed by atoms with Crippen molar-refractivity contribution in [3.05, 3.63) is 64.9 Å². The molecule has 0 saturated heterocycles. The number of carboxylic acids is 1. The van der Waals surface area contributed by atoms with Crippen LogP contribution in [0.25, 0.3) is 0 Å². The zero-order valence-electron chi connectivity index (χ0n) is 10.3. The van der Waals surface area contributed by atoms with Gasteiger partial charge in [0.1, 0.15) is 10.8 Å². The van der Waals surface area contributed by atoms with E-state index < -0.39 is 17.9 Å². The maximum Gasteiger partial charge on any atom is 0.330 e. The molecule has 0 spiro atoms. The first-order valence-electron chi connectivity index (χ1n) is 5.79. The molecule has 0 bridgehead atoms. The summed E-state index contributed by atoms with van der Waals surface area (Å²) >= 11 is 5.70. The summed E-state index contributed by atoms with van der Waals surface area (Å²) in [6.07, 6.45) is 0. The van der Waals surface area contributed by atoms with Gasteiger partial charge in [-0.2, -0.15) is 0 Å². The second-order valence-corrected chi connectivity index (χ2v) is 4.39. The normalized spacial score (nSPS) is 11.7. The molecular formula is C14H11ClN2O3. The van der Waals surface area contributed by atoms with Gasteiger partial charge in [0.2, 0.25) is 0 Å². The van der Waals surface area contributed by atoms with Gasteiger partial charge in [-0.05, 0) is 17.7 Å². The lowest BCUT2D eigenvalue weighted by Crippen LogP contribution is -2.34. The molecular weight excluding hydrogens is 280 g/mol. The highest BCUT2D eigenvalue weighted by Crippen LogP contribution is 2.14. The third-order valence-corrected chi connectivity index (χ3v) is 2.81. The Morgan fingerprint density at radius 1 is 1.10 bits per heavy atom. The smallest absolute Gasteiger partial charge is 0.330 e. The van der Waals surface area contributed by atoms with Gasteiger partial charge in [0.25, 0.3) is 5.91 Å². The molecule has 0 unspecified atom stereocenters. The van der Waals surface area contributed by atoms with E-state index >= 15 is 0 Å². The second-order valence-electron chi connectivity index (χ2n) is 4.00. The van der Waals surface area contributed by atoms with Crippen LogP contribution < -0.4 is 5.32 Å². The molecule has 0 radical (unpaired) electrons. The Labute approximate surface area is 120 Å². The summed E-state index contributed by atoms with van der Waals surface area (Å²) < 4.78 is 0. The van der Waals surface area contributed by atoms with Gasteiger partial charge in [-0.1, -0.05) is 48.0 Å². The number of aromatic nitrogens is 1. The number of aliphatic carboxylic acids is 1. The van der Waals surface area contributed by atoms with E-state index in [-0.39, 0.29) is 10.8 Å². The van der Waals surface area contributed by atoms with Crippen LogP contribution in [0.15, 0.2) is 48.5 Å². The molecule has 1 heterocycles. The second kappa shape index (κ2) is 6.16. The minimum atomic E-state index is -1.15. The summed E-state index contributed by atoms with van der Waals surface area (Å²) in [5.41, 5.74) is 0.551. The van der Waals surface area contributed by atoms with Crippen LogP contribution in [0.4, 0.5) is 0 Å². The largest absolute Gasteiger partial charge is 0.479 e. The first kappa shape index (κ1) is 14.0. The molecule has 6 heteroatoms. The number of carboxylic acid groups (broad SMARTS) is 1. The Morgan fingerprint density at radius 3 is 2.40 bits per heavy atom. The van der Waals surface area contributed by atoms with Crippen LogP contribution in [-0.4, -0.2) is 22.0 Å². The molecule has 0 aliphatic rings. The van der Waals surface area contributed by atoms with Gasteiger partial charge < -0.3 is 10.4 Å². The molecule has 5 nitrogen and oxygen atoms in total. The minimum absolute atomic E-state index is 0.0691. The van der Waals surface area contributed by atoms with E-state index in [0.29, 0.717) is 5.56 Å². The van der Waals surface area contributed by atoms with Crippen molar-refractivity contribution >= 4 is 23.5 Å². The summed E-state index contributed by atoms with van der Waals surface area (Å²) in [7, 11) is 0. The number of amides is 1. The zero-order chi connectivity index (χ0) is 14.5. The van der Waals surface area contributed by atoms with E-state index in [1.807, 2.05) is 0 Å². The van der Waals surface area contributed by atoms with Crippen LogP contribution in [-0.2, 0) is 4.79 Å². The van der Waals surface area contributed by atoms with Crippen molar-refractivity contribution in [2.24, 2.45) is 0 Å². The SMILES string of the molecule is O=C(N[C@H](C(=O)O)c1ccccc1)c1cccc(Cl)n1. The van der Waals surface area contributed by atoms with Crippen LogP contribution in [0, 0.1) is 0 Å². The van der Waals surface area contributed by atoms with E-state index in [2.05, 4.69) is 10.3 Å². The standard InChI is InChI=1S/C14H11ClN2O3/c15-11-8-4-7-10(16-11)13(18)17-12(14(19)20)9-5-2-1-3-6-9/h1-8,12H,(H,17,18)(H,19,20)/t12-/m0/s1. The molecule has 2 aromatic rings. The van der Waals surface area contributed by atoms with E-state index in [1.54, 1.807) is 36.4 Å². The number of hydrogen-bond acceptors (Lipinski definition) is 3. The molecule has 102 valence electrons. The number of rotatable bonds is 4. The number of pyridine rings is 1. The highest BCUT2D eigenvalue weighted by molar-refractivity contribution is 6.29. The topological polar surface area (TPSA) is 79.3 Å². The minimum Gasteiger partial charge on any atom is -0.479 e. The first-order chi connectivity index (χ1) is 9.58. The predicted octanol–water partition coefficient (Wildman–Crippen LogP) is 2.29. The molecule has 1 atom stereocenters. The molecule has 2 rings (SSSR count). The molecule has 20 heavy (non-hydrogen) atoms. The summed E-state index contributed by atoms with van der Waals surface area (Å²) in [6.45, 7) is 0. The highest BCUT2D eigenvalue weighted by Gasteiger charge is 2.22. The van der Waals surface area contributed by atoms with Crippen molar-refractivity contribution in [3.8, 4) is 0 Å². The molecule has 1 aromatic heterocycles. The molecule has 2 N–H and O–H groups in total. The lowest BCUT2D eigenvalue weighted by molar-refractivity contribution is -0.139. The first-order valence-corrected chi connectivity index (χ1v) is 6.17. The number of halogens is 1. The van der Waals surface area contributed by atoms with Crippen LogP contribution in [0.5, 0.6) is 0 Å². The van der Waals surface area contributed by atoms with Gasteiger partial charge in [0, 0.05) is 0 Å². The summed E-state index contributed by atoms with van der Waals surface area (Å²) in [5.74, 6) is -1.74. The summed E-state index contributed by atoms with van der Waals surface area (Å²) in [5, 5.41) is 11.8. The molecule has 0 aliphatic heterocycles. The number of nitrogens with zero attached hydrogens (tertiary/aromatic N) is 1. The monoisotopic (exact) mass is 290 g/mol.